The van der Waals surface area contributed by atoms with Gasteiger partial charge in [0.2, 0.25) is 0 Å². The van der Waals surface area contributed by atoms with Crippen molar-refractivity contribution in [2.75, 3.05) is 51.6 Å². The molecule has 3 aromatic heterocycles. The van der Waals surface area contributed by atoms with Gasteiger partial charge in [-0.05, 0) is 63.9 Å². The van der Waals surface area contributed by atoms with Gasteiger partial charge in [-0.2, -0.15) is 10.4 Å². The predicted octanol–water partition coefficient (Wildman–Crippen LogP) is 2.25. The van der Waals surface area contributed by atoms with Crippen molar-refractivity contribution in [3.63, 3.8) is 0 Å². The van der Waals surface area contributed by atoms with Crippen LogP contribution in [0, 0.1) is 17.2 Å². The van der Waals surface area contributed by atoms with Crippen LogP contribution >= 0.6 is 0 Å². The molecule has 5 rings (SSSR count). The summed E-state index contributed by atoms with van der Waals surface area (Å²) in [4.78, 5) is 34.3. The van der Waals surface area contributed by atoms with E-state index in [9.17, 15) is 24.3 Å². The molecule has 4 heterocycles. The Balaban J connectivity index is 1.28. The average molecular weight is 592 g/mol. The van der Waals surface area contributed by atoms with E-state index in [0.29, 0.717) is 35.1 Å². The van der Waals surface area contributed by atoms with Gasteiger partial charge in [0, 0.05) is 45.0 Å². The molecule has 3 aromatic rings. The first-order valence-corrected chi connectivity index (χ1v) is 14.5. The van der Waals surface area contributed by atoms with Crippen LogP contribution in [0.1, 0.15) is 42.6 Å². The van der Waals surface area contributed by atoms with Gasteiger partial charge in [0.1, 0.15) is 12.2 Å². The molecule has 0 unspecified atom stereocenters. The Morgan fingerprint density at radius 2 is 1.91 bits per heavy atom. The van der Waals surface area contributed by atoms with Gasteiger partial charge in [-0.1, -0.05) is 0 Å². The van der Waals surface area contributed by atoms with E-state index in [1.165, 1.54) is 26.2 Å². The molecule has 1 aliphatic heterocycles. The van der Waals surface area contributed by atoms with Gasteiger partial charge in [-0.3, -0.25) is 9.78 Å². The molecule has 1 atom stereocenters. The number of pyridine rings is 1. The van der Waals surface area contributed by atoms with Crippen LogP contribution < -0.4 is 16.0 Å². The zero-order valence-corrected chi connectivity index (χ0v) is 24.7. The van der Waals surface area contributed by atoms with E-state index in [4.69, 9.17) is 0 Å². The quantitative estimate of drug-likeness (QED) is 0.296. The van der Waals surface area contributed by atoms with E-state index < -0.39 is 17.7 Å². The zero-order chi connectivity index (χ0) is 30.7. The largest absolute Gasteiger partial charge is 0.387 e. The lowest BCUT2D eigenvalue weighted by Crippen LogP contribution is -2.52. The summed E-state index contributed by atoms with van der Waals surface area (Å²) in [5.41, 5.74) is 1.61. The second-order valence-corrected chi connectivity index (χ2v) is 12.0. The summed E-state index contributed by atoms with van der Waals surface area (Å²) >= 11 is 0. The summed E-state index contributed by atoms with van der Waals surface area (Å²) in [6, 6.07) is 9.29. The number of hydrogen-bond donors (Lipinski definition) is 4. The summed E-state index contributed by atoms with van der Waals surface area (Å²) in [5, 5.41) is 32.6. The molecule has 1 aliphatic carbocycles. The number of anilines is 1. The molecular formula is C30H38FN9O3. The van der Waals surface area contributed by atoms with E-state index >= 15 is 0 Å². The third-order valence-electron chi connectivity index (χ3n) is 8.18. The molecule has 3 amide bonds. The first-order chi connectivity index (χ1) is 20.5. The Kier molecular flexibility index (Phi) is 8.79. The molecule has 43 heavy (non-hydrogen) atoms. The monoisotopic (exact) mass is 591 g/mol. The van der Waals surface area contributed by atoms with Crippen LogP contribution in [0.25, 0.3) is 16.9 Å². The number of halogens is 1. The van der Waals surface area contributed by atoms with Crippen molar-refractivity contribution in [1.29, 1.82) is 5.26 Å². The van der Waals surface area contributed by atoms with Gasteiger partial charge < -0.3 is 30.9 Å². The fourth-order valence-electron chi connectivity index (χ4n) is 5.27. The van der Waals surface area contributed by atoms with E-state index in [0.717, 1.165) is 44.5 Å². The minimum atomic E-state index is -1.65. The first kappa shape index (κ1) is 30.2. The molecule has 1 saturated heterocycles. The average Bonchev–Trinajstić information content (AvgIpc) is 3.39. The van der Waals surface area contributed by atoms with Crippen LogP contribution in [-0.2, 0) is 0 Å². The third-order valence-corrected chi connectivity index (χ3v) is 8.18. The number of aromatic nitrogens is 3. The van der Waals surface area contributed by atoms with Crippen LogP contribution in [0.5, 0.6) is 0 Å². The van der Waals surface area contributed by atoms with Gasteiger partial charge >= 0.3 is 6.03 Å². The number of nitriles is 1. The summed E-state index contributed by atoms with van der Waals surface area (Å²) < 4.78 is 16.0. The summed E-state index contributed by atoms with van der Waals surface area (Å²) in [5.74, 6) is -0.208. The van der Waals surface area contributed by atoms with E-state index in [1.807, 2.05) is 24.1 Å². The maximum absolute atomic E-state index is 14.4. The number of fused-ring (bicyclic) bond motifs is 1. The number of alkyl halides is 1. The highest BCUT2D eigenvalue weighted by Gasteiger charge is 2.32. The number of rotatable bonds is 9. The molecule has 1 saturated carbocycles. The number of aliphatic hydroxyl groups is 1. The highest BCUT2D eigenvalue weighted by Crippen LogP contribution is 2.32. The number of nitrogens with one attached hydrogen (secondary N) is 3. The van der Waals surface area contributed by atoms with Gasteiger partial charge in [-0.25, -0.2) is 13.7 Å². The molecule has 12 nitrogen and oxygen atoms in total. The van der Waals surface area contributed by atoms with Crippen molar-refractivity contribution < 1.29 is 19.1 Å². The van der Waals surface area contributed by atoms with Gasteiger partial charge in [-0.15, -0.1) is 0 Å². The SMILES string of the molecule is CN1CCN(C(=O)NC[C@H]2C[C@H](Nc3cc(-c4ccc5cc(C#N)cnn45)ncc3C(=O)NC[C@@H](F)C(C)(C)O)C2)CC1. The highest BCUT2D eigenvalue weighted by molar-refractivity contribution is 6.00. The Labute approximate surface area is 249 Å². The van der Waals surface area contributed by atoms with Crippen LogP contribution in [0.15, 0.2) is 36.7 Å². The smallest absolute Gasteiger partial charge is 0.317 e. The number of piperazine rings is 1. The fraction of sp³-hybridized carbons (Fsp3) is 0.500. The molecule has 0 bridgehead atoms. The predicted molar refractivity (Wildman–Crippen MR) is 159 cm³/mol. The number of amides is 3. The topological polar surface area (TPSA) is 151 Å². The van der Waals surface area contributed by atoms with Crippen molar-refractivity contribution in [3.8, 4) is 17.5 Å². The van der Waals surface area contributed by atoms with Crippen molar-refractivity contribution in [3.05, 3.63) is 47.8 Å². The Morgan fingerprint density at radius 3 is 2.60 bits per heavy atom. The van der Waals surface area contributed by atoms with E-state index in [-0.39, 0.29) is 24.2 Å². The zero-order valence-electron chi connectivity index (χ0n) is 24.7. The maximum Gasteiger partial charge on any atom is 0.317 e. The number of likely N-dealkylation sites (N-methyl/N-ethyl adjacent to an activating group) is 1. The van der Waals surface area contributed by atoms with Crippen LogP contribution in [0.4, 0.5) is 14.9 Å². The Morgan fingerprint density at radius 1 is 1.16 bits per heavy atom. The van der Waals surface area contributed by atoms with E-state index in [2.05, 4.69) is 37.0 Å². The molecular weight excluding hydrogens is 553 g/mol. The summed E-state index contributed by atoms with van der Waals surface area (Å²) in [7, 11) is 2.05. The second-order valence-electron chi connectivity index (χ2n) is 12.0. The Hall–Kier alpha value is -4.28. The molecule has 13 heteroatoms. The standard InChI is InChI=1S/C30H38FN9O3/c1-30(2,43)27(31)18-34-28(41)23-17-33-25(26-5-4-22-12-20(14-32)16-36-40(22)26)13-24(23)37-21-10-19(11-21)15-35-29(42)39-8-6-38(3)7-9-39/h4-5,12-13,16-17,19,21,27,43H,6-11,15,18H2,1-3H3,(H,33,37)(H,34,41)(H,35,42)/t19-,21-,27-/m1/s1. The van der Waals surface area contributed by atoms with Crippen LogP contribution in [0.2, 0.25) is 0 Å². The van der Waals surface area contributed by atoms with Crippen molar-refractivity contribution in [1.82, 2.24) is 35.0 Å². The lowest BCUT2D eigenvalue weighted by molar-refractivity contribution is -0.00177. The number of hydrogen-bond acceptors (Lipinski definition) is 8. The minimum Gasteiger partial charge on any atom is -0.387 e. The van der Waals surface area contributed by atoms with Crippen molar-refractivity contribution in [2.24, 2.45) is 5.92 Å². The van der Waals surface area contributed by atoms with Crippen LogP contribution in [-0.4, -0.2) is 106 Å². The van der Waals surface area contributed by atoms with Gasteiger partial charge in [0.15, 0.2) is 0 Å². The first-order valence-electron chi connectivity index (χ1n) is 14.5. The lowest BCUT2D eigenvalue weighted by atomic mass is 9.80. The Bertz CT molecular complexity index is 1520. The number of carbonyl (C=O) groups excluding carboxylic acids is 2. The number of carbonyl (C=O) groups is 2. The molecule has 2 fully saturated rings. The normalized spacial score (nSPS) is 19.8. The molecule has 0 radical (unpaired) electrons. The number of nitrogens with zero attached hydrogens (tertiary/aromatic N) is 6. The minimum absolute atomic E-state index is 0.0330. The van der Waals surface area contributed by atoms with Gasteiger partial charge in [0.25, 0.3) is 5.91 Å². The molecule has 2 aliphatic rings. The molecule has 228 valence electrons. The molecule has 0 aromatic carbocycles. The highest BCUT2D eigenvalue weighted by atomic mass is 19.1. The summed E-state index contributed by atoms with van der Waals surface area (Å²) in [6.45, 7) is 6.11. The molecule has 4 N–H and O–H groups in total. The van der Waals surface area contributed by atoms with Crippen molar-refractivity contribution in [2.45, 2.75) is 44.5 Å². The van der Waals surface area contributed by atoms with Gasteiger partial charge in [0.05, 0.1) is 52.1 Å². The van der Waals surface area contributed by atoms with Crippen molar-refractivity contribution >= 4 is 23.1 Å². The fourth-order valence-corrected chi connectivity index (χ4v) is 5.27. The second kappa shape index (κ2) is 12.5. The third kappa shape index (κ3) is 7.03. The summed E-state index contributed by atoms with van der Waals surface area (Å²) in [6.07, 6.45) is 2.88. The molecule has 0 spiro atoms. The maximum atomic E-state index is 14.4. The van der Waals surface area contributed by atoms with Crippen LogP contribution in [0.3, 0.4) is 0 Å². The number of urea groups is 1. The lowest BCUT2D eigenvalue weighted by Gasteiger charge is -2.38. The van der Waals surface area contributed by atoms with E-state index in [1.54, 1.807) is 16.6 Å².